The molecule has 3 atom stereocenters. The number of carbonyl (C=O) groups is 3. The molecule has 23 heavy (non-hydrogen) atoms. The second-order valence-electron chi connectivity index (χ2n) is 4.84. The number of aliphatic hydroxyl groups is 1. The Morgan fingerprint density at radius 3 is 2.26 bits per heavy atom. The molecule has 0 aromatic rings. The number of nitrogens with two attached hydrogens (primary N) is 3. The number of carboxylic acids is 1. The lowest BCUT2D eigenvalue weighted by Gasteiger charge is -2.22. The van der Waals surface area contributed by atoms with Gasteiger partial charge in [-0.1, -0.05) is 0 Å². The minimum absolute atomic E-state index is 0.1000. The number of nitrogens with zero attached hydrogens (tertiary/aromatic N) is 1. The first-order chi connectivity index (χ1) is 10.7. The van der Waals surface area contributed by atoms with Gasteiger partial charge in [0.1, 0.15) is 6.04 Å². The van der Waals surface area contributed by atoms with Crippen LogP contribution in [-0.4, -0.2) is 65.2 Å². The molecule has 11 heteroatoms. The predicted molar refractivity (Wildman–Crippen MR) is 82.1 cm³/mol. The van der Waals surface area contributed by atoms with E-state index in [1.165, 1.54) is 6.92 Å². The lowest BCUT2D eigenvalue weighted by molar-refractivity contribution is -0.145. The molecule has 0 saturated heterocycles. The van der Waals surface area contributed by atoms with Gasteiger partial charge in [0.25, 0.3) is 0 Å². The van der Waals surface area contributed by atoms with Crippen molar-refractivity contribution in [3.63, 3.8) is 0 Å². The van der Waals surface area contributed by atoms with E-state index >= 15 is 0 Å². The second kappa shape index (κ2) is 10.3. The quantitative estimate of drug-likeness (QED) is 0.121. The van der Waals surface area contributed by atoms with Gasteiger partial charge >= 0.3 is 5.97 Å². The summed E-state index contributed by atoms with van der Waals surface area (Å²) in [6.45, 7) is 1.14. The van der Waals surface area contributed by atoms with E-state index in [2.05, 4.69) is 15.6 Å². The molecule has 0 aromatic heterocycles. The molecule has 10 N–H and O–H groups in total. The fraction of sp³-hybridized carbons (Fsp3) is 0.667. The van der Waals surface area contributed by atoms with Crippen molar-refractivity contribution < 1.29 is 24.6 Å². The number of rotatable bonds is 10. The van der Waals surface area contributed by atoms with Crippen molar-refractivity contribution in [2.45, 2.75) is 38.0 Å². The first-order valence-corrected chi connectivity index (χ1v) is 6.95. The molecule has 0 saturated carbocycles. The van der Waals surface area contributed by atoms with Crippen LogP contribution in [0.25, 0.3) is 0 Å². The molecule has 0 aliphatic heterocycles. The summed E-state index contributed by atoms with van der Waals surface area (Å²) < 4.78 is 0. The zero-order valence-corrected chi connectivity index (χ0v) is 12.9. The number of amides is 2. The van der Waals surface area contributed by atoms with Gasteiger partial charge in [0, 0.05) is 6.54 Å². The third-order valence-corrected chi connectivity index (χ3v) is 2.83. The van der Waals surface area contributed by atoms with E-state index in [0.29, 0.717) is 6.42 Å². The Bertz CT molecular complexity index is 449. The van der Waals surface area contributed by atoms with Crippen molar-refractivity contribution in [2.75, 3.05) is 13.1 Å². The van der Waals surface area contributed by atoms with Gasteiger partial charge in [-0.15, -0.1) is 0 Å². The van der Waals surface area contributed by atoms with Gasteiger partial charge in [-0.2, -0.15) is 0 Å². The summed E-state index contributed by atoms with van der Waals surface area (Å²) in [7, 11) is 0. The zero-order valence-electron chi connectivity index (χ0n) is 12.9. The van der Waals surface area contributed by atoms with E-state index in [1.54, 1.807) is 0 Å². The highest BCUT2D eigenvalue weighted by atomic mass is 16.4. The molecule has 0 aliphatic carbocycles. The number of carbonyl (C=O) groups excluding carboxylic acids is 2. The van der Waals surface area contributed by atoms with Crippen molar-refractivity contribution in [3.8, 4) is 0 Å². The Morgan fingerprint density at radius 1 is 1.22 bits per heavy atom. The van der Waals surface area contributed by atoms with E-state index in [1.807, 2.05) is 0 Å². The Labute approximate surface area is 133 Å². The van der Waals surface area contributed by atoms with Crippen molar-refractivity contribution in [1.82, 2.24) is 10.6 Å². The molecule has 0 unspecified atom stereocenters. The third-order valence-electron chi connectivity index (χ3n) is 2.83. The van der Waals surface area contributed by atoms with Gasteiger partial charge in [-0.25, -0.2) is 4.79 Å². The molecule has 0 rings (SSSR count). The van der Waals surface area contributed by atoms with E-state index in [0.717, 1.165) is 0 Å². The van der Waals surface area contributed by atoms with Gasteiger partial charge in [-0.05, 0) is 19.8 Å². The van der Waals surface area contributed by atoms with Crippen LogP contribution in [-0.2, 0) is 14.4 Å². The highest BCUT2D eigenvalue weighted by molar-refractivity contribution is 5.90. The number of aliphatic hydroxyl groups excluding tert-OH is 1. The number of aliphatic imine (C=N–C) groups is 1. The Hall–Kier alpha value is -2.40. The Morgan fingerprint density at radius 2 is 1.83 bits per heavy atom. The van der Waals surface area contributed by atoms with Gasteiger partial charge < -0.3 is 38.0 Å². The van der Waals surface area contributed by atoms with Gasteiger partial charge in [0.2, 0.25) is 11.8 Å². The second-order valence-corrected chi connectivity index (χ2v) is 4.84. The molecule has 0 spiro atoms. The number of nitrogens with one attached hydrogen (secondary N) is 2. The van der Waals surface area contributed by atoms with Gasteiger partial charge in [0.05, 0.1) is 12.6 Å². The summed E-state index contributed by atoms with van der Waals surface area (Å²) in [6, 6.07) is -2.50. The third kappa shape index (κ3) is 8.58. The molecular formula is C12H24N6O5. The average Bonchev–Trinajstić information content (AvgIpc) is 2.46. The standard InChI is InChI=1S/C12H24N6O5/c1-6(19)9(11(22)23)18-10(21)7(17-8(20)5-13)3-2-4-16-12(14)15/h6-7,9,19H,2-5,13H2,1H3,(H,17,20)(H,18,21)(H,22,23)(H4,14,15,16)/t6-,7+,9+/m1/s1. The normalized spacial score (nSPS) is 14.2. The number of carboxylic acid groups (broad SMARTS) is 1. The van der Waals surface area contributed by atoms with Crippen LogP contribution in [0.2, 0.25) is 0 Å². The van der Waals surface area contributed by atoms with Crippen LogP contribution in [0.5, 0.6) is 0 Å². The zero-order chi connectivity index (χ0) is 18.0. The van der Waals surface area contributed by atoms with Crippen LogP contribution in [0.15, 0.2) is 4.99 Å². The summed E-state index contributed by atoms with van der Waals surface area (Å²) >= 11 is 0. The molecule has 11 nitrogen and oxygen atoms in total. The van der Waals surface area contributed by atoms with E-state index in [-0.39, 0.29) is 25.5 Å². The summed E-state index contributed by atoms with van der Waals surface area (Å²) in [5.41, 5.74) is 15.5. The van der Waals surface area contributed by atoms with Crippen molar-refractivity contribution in [1.29, 1.82) is 0 Å². The fourth-order valence-corrected chi connectivity index (χ4v) is 1.67. The van der Waals surface area contributed by atoms with Crippen LogP contribution in [0.3, 0.4) is 0 Å². The number of hydrogen-bond acceptors (Lipinski definition) is 6. The molecule has 0 radical (unpaired) electrons. The van der Waals surface area contributed by atoms with Crippen LogP contribution in [0.1, 0.15) is 19.8 Å². The molecule has 0 bridgehead atoms. The van der Waals surface area contributed by atoms with E-state index in [4.69, 9.17) is 22.3 Å². The monoisotopic (exact) mass is 332 g/mol. The maximum atomic E-state index is 12.1. The molecule has 2 amide bonds. The number of aliphatic carboxylic acids is 1. The van der Waals surface area contributed by atoms with E-state index < -0.39 is 36.0 Å². The largest absolute Gasteiger partial charge is 0.480 e. The predicted octanol–water partition coefficient (Wildman–Crippen LogP) is -3.57. The summed E-state index contributed by atoms with van der Waals surface area (Å²) in [6.07, 6.45) is -0.766. The summed E-state index contributed by atoms with van der Waals surface area (Å²) in [5.74, 6) is -2.81. The smallest absolute Gasteiger partial charge is 0.328 e. The van der Waals surface area contributed by atoms with Crippen molar-refractivity contribution >= 4 is 23.7 Å². The summed E-state index contributed by atoms with van der Waals surface area (Å²) in [5, 5.41) is 22.9. The highest BCUT2D eigenvalue weighted by Gasteiger charge is 2.29. The van der Waals surface area contributed by atoms with Crippen molar-refractivity contribution in [2.24, 2.45) is 22.2 Å². The van der Waals surface area contributed by atoms with Gasteiger partial charge in [-0.3, -0.25) is 14.6 Å². The molecule has 0 aliphatic rings. The van der Waals surface area contributed by atoms with Crippen molar-refractivity contribution in [3.05, 3.63) is 0 Å². The van der Waals surface area contributed by atoms with Gasteiger partial charge in [0.15, 0.2) is 12.0 Å². The number of hydrogen-bond donors (Lipinski definition) is 7. The molecule has 0 fully saturated rings. The number of guanidine groups is 1. The summed E-state index contributed by atoms with van der Waals surface area (Å²) in [4.78, 5) is 38.2. The average molecular weight is 332 g/mol. The molecular weight excluding hydrogens is 308 g/mol. The maximum absolute atomic E-state index is 12.1. The lowest BCUT2D eigenvalue weighted by Crippen LogP contribution is -2.55. The minimum Gasteiger partial charge on any atom is -0.480 e. The maximum Gasteiger partial charge on any atom is 0.328 e. The topological polar surface area (TPSA) is 206 Å². The van der Waals surface area contributed by atoms with Crippen LogP contribution < -0.4 is 27.8 Å². The van der Waals surface area contributed by atoms with E-state index in [9.17, 15) is 19.5 Å². The molecule has 0 heterocycles. The molecule has 0 aromatic carbocycles. The molecule has 132 valence electrons. The van der Waals surface area contributed by atoms with Crippen LogP contribution >= 0.6 is 0 Å². The fourth-order valence-electron chi connectivity index (χ4n) is 1.67. The first-order valence-electron chi connectivity index (χ1n) is 6.95. The lowest BCUT2D eigenvalue weighted by atomic mass is 10.1. The van der Waals surface area contributed by atoms with Crippen LogP contribution in [0.4, 0.5) is 0 Å². The highest BCUT2D eigenvalue weighted by Crippen LogP contribution is 2.01. The Balaban J connectivity index is 4.82. The minimum atomic E-state index is -1.49. The SMILES string of the molecule is C[C@@H](O)[C@H](NC(=O)[C@H](CCCN=C(N)N)NC(=O)CN)C(=O)O. The van der Waals surface area contributed by atoms with Crippen LogP contribution in [0, 0.1) is 0 Å². The first kappa shape index (κ1) is 20.6. The Kier molecular flexibility index (Phi) is 9.27.